The smallest absolute Gasteiger partial charge is 0.182 e. The van der Waals surface area contributed by atoms with Gasteiger partial charge in [-0.05, 0) is 73.2 Å². The fourth-order valence-electron chi connectivity index (χ4n) is 5.30. The Hall–Kier alpha value is -3.40. The van der Waals surface area contributed by atoms with E-state index < -0.39 is 11.6 Å². The topological polar surface area (TPSA) is 64.6 Å². The maximum atomic E-state index is 14.6. The third-order valence-corrected chi connectivity index (χ3v) is 7.10. The first-order valence-electron chi connectivity index (χ1n) is 11.2. The molecule has 1 spiro atoms. The van der Waals surface area contributed by atoms with Crippen LogP contribution in [0.5, 0.6) is 0 Å². The number of nitriles is 1. The highest BCUT2D eigenvalue weighted by atomic mass is 19.2. The Kier molecular flexibility index (Phi) is 5.53. The maximum absolute atomic E-state index is 14.6. The van der Waals surface area contributed by atoms with Gasteiger partial charge in [0.25, 0.3) is 0 Å². The molecule has 1 aromatic carbocycles. The number of halogens is 2. The van der Waals surface area contributed by atoms with Gasteiger partial charge < -0.3 is 4.90 Å². The number of hydrogen-bond donors (Lipinski definition) is 0. The number of nitrogens with zero attached hydrogens (tertiary/aromatic N) is 5. The lowest BCUT2D eigenvalue weighted by Crippen LogP contribution is -2.62. The first-order chi connectivity index (χ1) is 16.0. The van der Waals surface area contributed by atoms with E-state index >= 15 is 0 Å². The SMILES string of the molecule is C=N/C=C\C=NCc1ccc(C2CC2c2cc(F)c(F)c(N3CC4(CC(C#N)C4)C3)c2)cn1. The monoisotopic (exact) mass is 445 g/mol. The van der Waals surface area contributed by atoms with E-state index in [1.54, 1.807) is 18.5 Å². The number of hydrogen-bond acceptors (Lipinski definition) is 5. The number of aromatic nitrogens is 1. The molecule has 33 heavy (non-hydrogen) atoms. The molecule has 3 aliphatic rings. The normalized spacial score (nSPS) is 23.5. The fraction of sp³-hybridized carbons (Fsp3) is 0.385. The second kappa shape index (κ2) is 8.51. The molecule has 1 saturated heterocycles. The summed E-state index contributed by atoms with van der Waals surface area (Å²) < 4.78 is 29.0. The van der Waals surface area contributed by atoms with E-state index in [0.717, 1.165) is 36.1 Å². The molecule has 2 saturated carbocycles. The summed E-state index contributed by atoms with van der Waals surface area (Å²) in [5.41, 5.74) is 3.29. The van der Waals surface area contributed by atoms with Crippen LogP contribution < -0.4 is 4.90 Å². The van der Waals surface area contributed by atoms with E-state index in [9.17, 15) is 8.78 Å². The van der Waals surface area contributed by atoms with Crippen LogP contribution in [0.2, 0.25) is 0 Å². The highest BCUT2D eigenvalue weighted by molar-refractivity contribution is 5.71. The van der Waals surface area contributed by atoms with Crippen molar-refractivity contribution < 1.29 is 8.78 Å². The Morgan fingerprint density at radius 1 is 1.21 bits per heavy atom. The zero-order chi connectivity index (χ0) is 23.0. The van der Waals surface area contributed by atoms with E-state index in [0.29, 0.717) is 25.3 Å². The summed E-state index contributed by atoms with van der Waals surface area (Å²) in [6.07, 6.45) is 9.43. The molecule has 1 aliphatic heterocycles. The lowest BCUT2D eigenvalue weighted by Gasteiger charge is -2.58. The Labute approximate surface area is 192 Å². The van der Waals surface area contributed by atoms with Crippen molar-refractivity contribution in [3.05, 3.63) is 71.2 Å². The van der Waals surface area contributed by atoms with Crippen LogP contribution in [0.1, 0.15) is 47.9 Å². The van der Waals surface area contributed by atoms with Gasteiger partial charge in [0.2, 0.25) is 0 Å². The van der Waals surface area contributed by atoms with Gasteiger partial charge in [-0.1, -0.05) is 6.07 Å². The molecule has 2 unspecified atom stereocenters. The van der Waals surface area contributed by atoms with E-state index in [1.165, 1.54) is 6.07 Å². The molecule has 2 aliphatic carbocycles. The molecular weight excluding hydrogens is 420 g/mol. The van der Waals surface area contributed by atoms with Gasteiger partial charge in [0, 0.05) is 43.0 Å². The van der Waals surface area contributed by atoms with Crippen molar-refractivity contribution in [1.82, 2.24) is 4.98 Å². The van der Waals surface area contributed by atoms with Crippen molar-refractivity contribution >= 4 is 18.6 Å². The van der Waals surface area contributed by atoms with Crippen LogP contribution in [0.15, 0.2) is 52.7 Å². The fourth-order valence-corrected chi connectivity index (χ4v) is 5.30. The molecular formula is C26H25F2N5. The largest absolute Gasteiger partial charge is 0.368 e. The Balaban J connectivity index is 1.23. The molecule has 7 heteroatoms. The predicted octanol–water partition coefficient (Wildman–Crippen LogP) is 5.16. The van der Waals surface area contributed by atoms with Gasteiger partial charge in [-0.15, -0.1) is 0 Å². The molecule has 2 heterocycles. The summed E-state index contributed by atoms with van der Waals surface area (Å²) in [6.45, 7) is 5.24. The summed E-state index contributed by atoms with van der Waals surface area (Å²) >= 11 is 0. The van der Waals surface area contributed by atoms with Crippen LogP contribution in [-0.2, 0) is 6.54 Å². The van der Waals surface area contributed by atoms with Crippen molar-refractivity contribution in [1.29, 1.82) is 5.26 Å². The van der Waals surface area contributed by atoms with E-state index in [2.05, 4.69) is 27.8 Å². The molecule has 5 rings (SSSR count). The summed E-state index contributed by atoms with van der Waals surface area (Å²) in [6, 6.07) is 9.47. The number of benzene rings is 1. The minimum Gasteiger partial charge on any atom is -0.368 e. The second-order valence-electron chi connectivity index (χ2n) is 9.47. The third-order valence-electron chi connectivity index (χ3n) is 7.10. The van der Waals surface area contributed by atoms with Gasteiger partial charge in [0.1, 0.15) is 0 Å². The summed E-state index contributed by atoms with van der Waals surface area (Å²) in [4.78, 5) is 14.3. The van der Waals surface area contributed by atoms with Crippen molar-refractivity contribution in [2.24, 2.45) is 21.3 Å². The summed E-state index contributed by atoms with van der Waals surface area (Å²) in [5, 5.41) is 9.02. The zero-order valence-electron chi connectivity index (χ0n) is 18.3. The van der Waals surface area contributed by atoms with Crippen molar-refractivity contribution in [2.45, 2.75) is 37.6 Å². The van der Waals surface area contributed by atoms with Gasteiger partial charge in [0.05, 0.1) is 24.0 Å². The predicted molar refractivity (Wildman–Crippen MR) is 125 cm³/mol. The molecule has 0 bridgehead atoms. The van der Waals surface area contributed by atoms with Crippen LogP contribution in [-0.4, -0.2) is 31.0 Å². The van der Waals surface area contributed by atoms with Gasteiger partial charge in [-0.3, -0.25) is 15.0 Å². The molecule has 0 amide bonds. The Morgan fingerprint density at radius 2 is 2.00 bits per heavy atom. The minimum atomic E-state index is -0.787. The van der Waals surface area contributed by atoms with Gasteiger partial charge in [-0.2, -0.15) is 5.26 Å². The molecule has 0 radical (unpaired) electrons. The highest BCUT2D eigenvalue weighted by Gasteiger charge is 2.53. The molecule has 5 nitrogen and oxygen atoms in total. The van der Waals surface area contributed by atoms with Crippen molar-refractivity contribution in [2.75, 3.05) is 18.0 Å². The lowest BCUT2D eigenvalue weighted by molar-refractivity contribution is 0.0512. The van der Waals surface area contributed by atoms with Crippen LogP contribution in [0.3, 0.4) is 0 Å². The van der Waals surface area contributed by atoms with Crippen LogP contribution >= 0.6 is 0 Å². The van der Waals surface area contributed by atoms with Crippen LogP contribution in [0, 0.1) is 34.3 Å². The van der Waals surface area contributed by atoms with Crippen molar-refractivity contribution in [3.8, 4) is 6.07 Å². The zero-order valence-corrected chi connectivity index (χ0v) is 18.3. The van der Waals surface area contributed by atoms with E-state index in [4.69, 9.17) is 5.26 Å². The van der Waals surface area contributed by atoms with E-state index in [1.807, 2.05) is 29.3 Å². The Morgan fingerprint density at radius 3 is 2.70 bits per heavy atom. The number of allylic oxidation sites excluding steroid dienone is 1. The quantitative estimate of drug-likeness (QED) is 0.553. The molecule has 2 atom stereocenters. The molecule has 2 aromatic rings. The second-order valence-corrected chi connectivity index (χ2v) is 9.47. The van der Waals surface area contributed by atoms with Gasteiger partial charge in [-0.25, -0.2) is 8.78 Å². The molecule has 168 valence electrons. The number of pyridine rings is 1. The first-order valence-corrected chi connectivity index (χ1v) is 11.2. The number of rotatable bonds is 7. The molecule has 0 N–H and O–H groups in total. The molecule has 1 aromatic heterocycles. The molecule has 3 fully saturated rings. The lowest BCUT2D eigenvalue weighted by atomic mass is 9.58. The van der Waals surface area contributed by atoms with Crippen molar-refractivity contribution in [3.63, 3.8) is 0 Å². The summed E-state index contributed by atoms with van der Waals surface area (Å²) in [7, 11) is 0. The number of aliphatic imine (C=N–C) groups is 2. The van der Waals surface area contributed by atoms with E-state index in [-0.39, 0.29) is 23.2 Å². The minimum absolute atomic E-state index is 0.116. The first kappa shape index (κ1) is 21.4. The summed E-state index contributed by atoms with van der Waals surface area (Å²) in [5.74, 6) is -1.01. The van der Waals surface area contributed by atoms with Gasteiger partial charge in [0.15, 0.2) is 11.6 Å². The number of anilines is 1. The average molecular weight is 446 g/mol. The standard InChI is InChI=1S/C26H25F2N5/c1-30-5-2-6-31-14-20-4-3-18(13-32-20)21-9-22(21)19-7-23(27)25(28)24(8-19)33-15-26(16-33)10-17(11-26)12-29/h2-8,13,17,21-22H,1,9-11,14-16H2/b5-2-,31-6?. The third kappa shape index (κ3) is 4.18. The van der Waals surface area contributed by atoms with Crippen LogP contribution in [0.25, 0.3) is 0 Å². The van der Waals surface area contributed by atoms with Gasteiger partial charge >= 0.3 is 0 Å². The average Bonchev–Trinajstić information content (AvgIpc) is 3.56. The maximum Gasteiger partial charge on any atom is 0.182 e. The Bertz CT molecular complexity index is 1150. The highest BCUT2D eigenvalue weighted by Crippen LogP contribution is 2.56. The van der Waals surface area contributed by atoms with Crippen LogP contribution in [0.4, 0.5) is 14.5 Å².